The molecule has 0 fully saturated rings. The number of nitrogens with zero attached hydrogens (tertiary/aromatic N) is 1. The summed E-state index contributed by atoms with van der Waals surface area (Å²) in [6.45, 7) is 7.64. The highest BCUT2D eigenvalue weighted by Crippen LogP contribution is 2.35. The number of aromatic nitrogens is 2. The van der Waals surface area contributed by atoms with Gasteiger partial charge in [-0.2, -0.15) is 0 Å². The third-order valence-corrected chi connectivity index (χ3v) is 6.45. The van der Waals surface area contributed by atoms with Crippen LogP contribution in [0.4, 0.5) is 4.39 Å². The van der Waals surface area contributed by atoms with Gasteiger partial charge in [0.1, 0.15) is 0 Å². The fourth-order valence-electron chi connectivity index (χ4n) is 4.29. The molecule has 2 N–H and O–H groups in total. The van der Waals surface area contributed by atoms with E-state index >= 15 is 0 Å². The van der Waals surface area contributed by atoms with Gasteiger partial charge in [-0.3, -0.25) is 9.59 Å². The quantitative estimate of drug-likeness (QED) is 0.345. The van der Waals surface area contributed by atoms with E-state index in [1.807, 2.05) is 39.8 Å². The molecule has 0 saturated carbocycles. The van der Waals surface area contributed by atoms with Crippen molar-refractivity contribution in [1.29, 1.82) is 0 Å². The fourth-order valence-corrected chi connectivity index (χ4v) is 4.55. The second-order valence-electron chi connectivity index (χ2n) is 8.90. The van der Waals surface area contributed by atoms with Gasteiger partial charge in [0.2, 0.25) is 0 Å². The predicted molar refractivity (Wildman–Crippen MR) is 137 cm³/mol. The third kappa shape index (κ3) is 4.68. The smallest absolute Gasteiger partial charge is 0.255 e. The van der Waals surface area contributed by atoms with Crippen LogP contribution < -0.4 is 10.3 Å². The van der Waals surface area contributed by atoms with Gasteiger partial charge in [0, 0.05) is 34.4 Å². The lowest BCUT2D eigenvalue weighted by Gasteiger charge is -2.28. The lowest BCUT2D eigenvalue weighted by atomic mass is 9.98. The number of hydrogen-bond donors (Lipinski definition) is 2. The van der Waals surface area contributed by atoms with Crippen molar-refractivity contribution in [2.24, 2.45) is 0 Å². The minimum Gasteiger partial charge on any atom is -0.494 e. The fraction of sp³-hybridized carbons (Fsp3) is 0.259. The van der Waals surface area contributed by atoms with Gasteiger partial charge in [0.05, 0.1) is 24.2 Å². The Kier molecular flexibility index (Phi) is 6.72. The number of aromatic amines is 2. The second kappa shape index (κ2) is 9.58. The third-order valence-electron chi connectivity index (χ3n) is 6.15. The molecule has 0 bridgehead atoms. The molecular formula is C27H27ClFN3O3. The molecule has 0 spiro atoms. The molecule has 182 valence electrons. The first kappa shape index (κ1) is 24.5. The van der Waals surface area contributed by atoms with Crippen LogP contribution in [0.25, 0.3) is 22.0 Å². The number of carbonyl (C=O) groups is 1. The standard InChI is InChI=1S/C27H27ClFN3O3/c1-14(2)32(13-20-15(3)8-16(4)31-26(20)33)27(34)19-9-18(10-23-25(19)21(28)12-30-23)17-6-7-22(29)24(11-17)35-5/h6-12,14,30H,13H2,1-5H3,(H,31,33). The van der Waals surface area contributed by atoms with Gasteiger partial charge in [0.15, 0.2) is 11.6 Å². The van der Waals surface area contributed by atoms with Crippen LogP contribution in [0.5, 0.6) is 5.75 Å². The number of H-pyrrole nitrogens is 2. The normalized spacial score (nSPS) is 11.3. The molecule has 1 amide bonds. The Morgan fingerprint density at radius 1 is 1.14 bits per heavy atom. The number of benzene rings is 2. The minimum atomic E-state index is -0.471. The zero-order valence-electron chi connectivity index (χ0n) is 20.3. The molecule has 0 saturated heterocycles. The summed E-state index contributed by atoms with van der Waals surface area (Å²) in [4.78, 5) is 34.2. The summed E-state index contributed by atoms with van der Waals surface area (Å²) < 4.78 is 19.1. The number of carbonyl (C=O) groups excluding carboxylic acids is 1. The number of ether oxygens (including phenoxy) is 1. The van der Waals surface area contributed by atoms with Crippen LogP contribution >= 0.6 is 11.6 Å². The van der Waals surface area contributed by atoms with E-state index in [1.54, 1.807) is 29.3 Å². The van der Waals surface area contributed by atoms with E-state index in [0.29, 0.717) is 38.2 Å². The Labute approximate surface area is 207 Å². The zero-order chi connectivity index (χ0) is 25.4. The van der Waals surface area contributed by atoms with Crippen molar-refractivity contribution in [2.75, 3.05) is 7.11 Å². The number of methoxy groups -OCH3 is 1. The summed E-state index contributed by atoms with van der Waals surface area (Å²) in [5, 5.41) is 1.01. The molecule has 8 heteroatoms. The zero-order valence-corrected chi connectivity index (χ0v) is 21.0. The summed E-state index contributed by atoms with van der Waals surface area (Å²) in [6, 6.07) is 9.86. The number of halogens is 2. The maximum absolute atomic E-state index is 14.0. The molecule has 0 atom stereocenters. The molecule has 2 heterocycles. The molecule has 4 rings (SSSR count). The van der Waals surface area contributed by atoms with Gasteiger partial charge < -0.3 is 19.6 Å². The first-order valence-electron chi connectivity index (χ1n) is 11.3. The molecule has 2 aromatic heterocycles. The van der Waals surface area contributed by atoms with E-state index < -0.39 is 5.82 Å². The van der Waals surface area contributed by atoms with Crippen molar-refractivity contribution in [1.82, 2.24) is 14.9 Å². The van der Waals surface area contributed by atoms with Crippen LogP contribution in [-0.4, -0.2) is 33.9 Å². The van der Waals surface area contributed by atoms with Crippen LogP contribution in [0.1, 0.15) is 41.0 Å². The van der Waals surface area contributed by atoms with Crippen molar-refractivity contribution in [2.45, 2.75) is 40.3 Å². The van der Waals surface area contributed by atoms with Crippen molar-refractivity contribution >= 4 is 28.4 Å². The lowest BCUT2D eigenvalue weighted by molar-refractivity contribution is 0.0691. The average molecular weight is 496 g/mol. The van der Waals surface area contributed by atoms with Crippen molar-refractivity contribution in [3.63, 3.8) is 0 Å². The number of aryl methyl sites for hydroxylation is 2. The second-order valence-corrected chi connectivity index (χ2v) is 9.31. The monoisotopic (exact) mass is 495 g/mol. The maximum atomic E-state index is 14.0. The summed E-state index contributed by atoms with van der Waals surface area (Å²) in [5.41, 5.74) is 4.36. The number of fused-ring (bicyclic) bond motifs is 1. The van der Waals surface area contributed by atoms with Gasteiger partial charge in [-0.15, -0.1) is 0 Å². The molecule has 0 radical (unpaired) electrons. The average Bonchev–Trinajstić information content (AvgIpc) is 3.18. The van der Waals surface area contributed by atoms with E-state index in [4.69, 9.17) is 16.3 Å². The minimum absolute atomic E-state index is 0.109. The summed E-state index contributed by atoms with van der Waals surface area (Å²) >= 11 is 6.47. The SMILES string of the molecule is COc1cc(-c2cc(C(=O)N(Cc3c(C)cc(C)[nH]c3=O)C(C)C)c3c(Cl)c[nH]c3c2)ccc1F. The maximum Gasteiger partial charge on any atom is 0.255 e. The highest BCUT2D eigenvalue weighted by Gasteiger charge is 2.25. The largest absolute Gasteiger partial charge is 0.494 e. The van der Waals surface area contributed by atoms with Crippen LogP contribution in [0.15, 0.2) is 47.4 Å². The van der Waals surface area contributed by atoms with Crippen LogP contribution in [0.3, 0.4) is 0 Å². The predicted octanol–water partition coefficient (Wildman–Crippen LogP) is 5.99. The molecule has 4 aromatic rings. The molecule has 6 nitrogen and oxygen atoms in total. The lowest BCUT2D eigenvalue weighted by Crippen LogP contribution is -2.38. The number of hydrogen-bond acceptors (Lipinski definition) is 3. The first-order chi connectivity index (χ1) is 16.6. The molecule has 0 aliphatic heterocycles. The van der Waals surface area contributed by atoms with Crippen molar-refractivity contribution in [3.8, 4) is 16.9 Å². The molecule has 35 heavy (non-hydrogen) atoms. The van der Waals surface area contributed by atoms with Gasteiger partial charge >= 0.3 is 0 Å². The number of pyridine rings is 1. The van der Waals surface area contributed by atoms with Crippen LogP contribution in [0, 0.1) is 19.7 Å². The van der Waals surface area contributed by atoms with Crippen molar-refractivity contribution in [3.05, 3.63) is 86.2 Å². The Morgan fingerprint density at radius 3 is 2.54 bits per heavy atom. The Morgan fingerprint density at radius 2 is 1.89 bits per heavy atom. The molecule has 0 aliphatic rings. The van der Waals surface area contributed by atoms with Gasteiger partial charge in [0.25, 0.3) is 11.5 Å². The van der Waals surface area contributed by atoms with Crippen molar-refractivity contribution < 1.29 is 13.9 Å². The van der Waals surface area contributed by atoms with Crippen LogP contribution in [-0.2, 0) is 6.54 Å². The molecule has 0 unspecified atom stereocenters. The van der Waals surface area contributed by atoms with E-state index in [2.05, 4.69) is 9.97 Å². The highest BCUT2D eigenvalue weighted by atomic mass is 35.5. The first-order valence-corrected chi connectivity index (χ1v) is 11.6. The Hall–Kier alpha value is -3.58. The van der Waals surface area contributed by atoms with Gasteiger partial charge in [-0.05, 0) is 74.7 Å². The van der Waals surface area contributed by atoms with E-state index in [1.165, 1.54) is 13.2 Å². The van der Waals surface area contributed by atoms with Gasteiger partial charge in [-0.25, -0.2) is 4.39 Å². The highest BCUT2D eigenvalue weighted by molar-refractivity contribution is 6.37. The Bertz CT molecular complexity index is 1490. The van der Waals surface area contributed by atoms with E-state index in [0.717, 1.165) is 11.3 Å². The van der Waals surface area contributed by atoms with Gasteiger partial charge in [-0.1, -0.05) is 17.7 Å². The molecule has 0 aliphatic carbocycles. The summed E-state index contributed by atoms with van der Waals surface area (Å²) in [6.07, 6.45) is 1.63. The molecule has 2 aromatic carbocycles. The summed E-state index contributed by atoms with van der Waals surface area (Å²) in [7, 11) is 1.40. The van der Waals surface area contributed by atoms with E-state index in [-0.39, 0.29) is 29.8 Å². The topological polar surface area (TPSA) is 78.2 Å². The number of amides is 1. The van der Waals surface area contributed by atoms with Crippen LogP contribution in [0.2, 0.25) is 5.02 Å². The Balaban J connectivity index is 1.85. The number of nitrogens with one attached hydrogen (secondary N) is 2. The van der Waals surface area contributed by atoms with E-state index in [9.17, 15) is 14.0 Å². The number of rotatable bonds is 6. The summed E-state index contributed by atoms with van der Waals surface area (Å²) in [5.74, 6) is -0.624. The molecular weight excluding hydrogens is 469 g/mol.